The first kappa shape index (κ1) is 23.6. The maximum absolute atomic E-state index is 11.5. The average Bonchev–Trinajstić information content (AvgIpc) is 3.34. The number of thioether (sulfide) groups is 1. The van der Waals surface area contributed by atoms with Gasteiger partial charge in [-0.15, -0.1) is 11.8 Å². The Kier molecular flexibility index (Phi) is 7.90. The molecule has 1 fully saturated rings. The lowest BCUT2D eigenvalue weighted by Crippen LogP contribution is -2.38. The molecule has 2 heterocycles. The van der Waals surface area contributed by atoms with Crippen LogP contribution in [0.15, 0.2) is 73.1 Å². The van der Waals surface area contributed by atoms with Crippen LogP contribution >= 0.6 is 11.8 Å². The Morgan fingerprint density at radius 1 is 1.12 bits per heavy atom. The monoisotopic (exact) mass is 483 g/mol. The van der Waals surface area contributed by atoms with Gasteiger partial charge in [-0.1, -0.05) is 30.3 Å². The predicted molar refractivity (Wildman–Crippen MR) is 136 cm³/mol. The number of nitrogens with zero attached hydrogens (tertiary/aromatic N) is 2. The van der Waals surface area contributed by atoms with E-state index in [9.17, 15) is 8.42 Å². The summed E-state index contributed by atoms with van der Waals surface area (Å²) in [6.07, 6.45) is 6.92. The molecule has 1 atom stereocenters. The summed E-state index contributed by atoms with van der Waals surface area (Å²) >= 11 is 1.97. The Morgan fingerprint density at radius 2 is 1.97 bits per heavy atom. The topological polar surface area (TPSA) is 71.5 Å². The van der Waals surface area contributed by atoms with E-state index in [1.54, 1.807) is 6.07 Å². The molecule has 1 saturated heterocycles. The molecule has 1 aromatic heterocycles. The van der Waals surface area contributed by atoms with Crippen LogP contribution in [0.25, 0.3) is 11.1 Å². The third-order valence-corrected chi connectivity index (χ3v) is 7.17. The van der Waals surface area contributed by atoms with E-state index in [-0.39, 0.29) is 0 Å². The van der Waals surface area contributed by atoms with Gasteiger partial charge >= 0.3 is 0 Å². The molecule has 6 nitrogen and oxygen atoms in total. The molecule has 174 valence electrons. The molecule has 4 rings (SSSR count). The minimum atomic E-state index is -3.31. The molecule has 0 saturated carbocycles. The molecule has 33 heavy (non-hydrogen) atoms. The van der Waals surface area contributed by atoms with Crippen molar-refractivity contribution >= 4 is 27.5 Å². The standard InChI is InChI=1S/C25H29N3O3S2/c1-33(29,30)27-23-6-2-5-22(16-23)21-8-11-25(12-9-21)31-18-24(28-14-15-32-19-28)10-7-20-4-3-13-26-17-20/h2-6,8-9,11-13,16-17,24,27H,7,10,14-15,18-19H2,1H3/t24-/m0/s1. The highest BCUT2D eigenvalue weighted by atomic mass is 32.2. The van der Waals surface area contributed by atoms with Crippen LogP contribution in [0.5, 0.6) is 5.75 Å². The van der Waals surface area contributed by atoms with E-state index in [4.69, 9.17) is 4.74 Å². The second kappa shape index (κ2) is 11.0. The van der Waals surface area contributed by atoms with Gasteiger partial charge in [-0.3, -0.25) is 14.6 Å². The Labute approximate surface area is 200 Å². The number of hydrogen-bond acceptors (Lipinski definition) is 6. The summed E-state index contributed by atoms with van der Waals surface area (Å²) in [7, 11) is -3.31. The summed E-state index contributed by atoms with van der Waals surface area (Å²) < 4.78 is 31.7. The third-order valence-electron chi connectivity index (χ3n) is 5.58. The number of ether oxygens (including phenoxy) is 1. The highest BCUT2D eigenvalue weighted by molar-refractivity contribution is 7.99. The number of sulfonamides is 1. The highest BCUT2D eigenvalue weighted by Gasteiger charge is 2.23. The molecule has 0 bridgehead atoms. The first-order valence-electron chi connectivity index (χ1n) is 11.0. The molecule has 0 amide bonds. The zero-order valence-corrected chi connectivity index (χ0v) is 20.3. The second-order valence-electron chi connectivity index (χ2n) is 8.19. The number of hydrogen-bond donors (Lipinski definition) is 1. The molecule has 1 aliphatic heterocycles. The van der Waals surface area contributed by atoms with Crippen LogP contribution in [0.3, 0.4) is 0 Å². The van der Waals surface area contributed by atoms with E-state index >= 15 is 0 Å². The van der Waals surface area contributed by atoms with Crippen molar-refractivity contribution in [3.05, 3.63) is 78.6 Å². The minimum Gasteiger partial charge on any atom is -0.492 e. The molecule has 0 radical (unpaired) electrons. The molecular weight excluding hydrogens is 454 g/mol. The summed E-state index contributed by atoms with van der Waals surface area (Å²) in [5, 5.41) is 0. The van der Waals surface area contributed by atoms with Gasteiger partial charge in [0.2, 0.25) is 10.0 Å². The van der Waals surface area contributed by atoms with Crippen molar-refractivity contribution < 1.29 is 13.2 Å². The molecule has 2 aromatic carbocycles. The zero-order valence-electron chi connectivity index (χ0n) is 18.7. The highest BCUT2D eigenvalue weighted by Crippen LogP contribution is 2.26. The number of aromatic nitrogens is 1. The summed E-state index contributed by atoms with van der Waals surface area (Å²) in [4.78, 5) is 6.74. The van der Waals surface area contributed by atoms with Gasteiger partial charge in [0.25, 0.3) is 0 Å². The molecule has 8 heteroatoms. The van der Waals surface area contributed by atoms with Crippen LogP contribution in [-0.4, -0.2) is 55.4 Å². The number of pyridine rings is 1. The van der Waals surface area contributed by atoms with E-state index in [1.165, 1.54) is 11.3 Å². The van der Waals surface area contributed by atoms with Gasteiger partial charge in [0.15, 0.2) is 0 Å². The van der Waals surface area contributed by atoms with Crippen molar-refractivity contribution in [2.75, 3.05) is 35.8 Å². The van der Waals surface area contributed by atoms with Crippen molar-refractivity contribution in [3.8, 4) is 16.9 Å². The fourth-order valence-corrected chi connectivity index (χ4v) is 5.50. The number of aryl methyl sites for hydroxylation is 1. The predicted octanol–water partition coefficient (Wildman–Crippen LogP) is 4.51. The molecule has 0 spiro atoms. The fraction of sp³-hybridized carbons (Fsp3) is 0.320. The normalized spacial score (nSPS) is 15.3. The van der Waals surface area contributed by atoms with E-state index in [0.717, 1.165) is 48.4 Å². The SMILES string of the molecule is CS(=O)(=O)Nc1cccc(-c2ccc(OC[C@H](CCc3cccnc3)N3CCSC3)cc2)c1. The van der Waals surface area contributed by atoms with Gasteiger partial charge in [0, 0.05) is 42.3 Å². The van der Waals surface area contributed by atoms with Crippen LogP contribution in [0.4, 0.5) is 5.69 Å². The number of benzene rings is 2. The molecule has 1 N–H and O–H groups in total. The van der Waals surface area contributed by atoms with Crippen molar-refractivity contribution in [1.29, 1.82) is 0 Å². The second-order valence-corrected chi connectivity index (χ2v) is 11.0. The molecule has 0 aliphatic carbocycles. The first-order chi connectivity index (χ1) is 16.0. The summed E-state index contributed by atoms with van der Waals surface area (Å²) in [5.74, 6) is 3.06. The average molecular weight is 484 g/mol. The van der Waals surface area contributed by atoms with Crippen LogP contribution in [0.2, 0.25) is 0 Å². The van der Waals surface area contributed by atoms with Gasteiger partial charge in [-0.25, -0.2) is 8.42 Å². The summed E-state index contributed by atoms with van der Waals surface area (Å²) in [5.41, 5.74) is 3.75. The zero-order chi connectivity index (χ0) is 23.1. The van der Waals surface area contributed by atoms with E-state index in [1.807, 2.05) is 72.7 Å². The Hall–Kier alpha value is -2.55. The number of rotatable bonds is 10. The van der Waals surface area contributed by atoms with E-state index in [2.05, 4.69) is 20.7 Å². The number of nitrogens with one attached hydrogen (secondary N) is 1. The fourth-order valence-electron chi connectivity index (χ4n) is 3.88. The van der Waals surface area contributed by atoms with Gasteiger partial charge in [-0.05, 0) is 59.9 Å². The summed E-state index contributed by atoms with van der Waals surface area (Å²) in [6.45, 7) is 1.75. The van der Waals surface area contributed by atoms with Crippen molar-refractivity contribution in [2.24, 2.45) is 0 Å². The Balaban J connectivity index is 1.38. The third kappa shape index (κ3) is 7.22. The number of anilines is 1. The van der Waals surface area contributed by atoms with Crippen LogP contribution in [-0.2, 0) is 16.4 Å². The van der Waals surface area contributed by atoms with Crippen LogP contribution in [0, 0.1) is 0 Å². The Morgan fingerprint density at radius 3 is 2.67 bits per heavy atom. The molecular formula is C25H29N3O3S2. The van der Waals surface area contributed by atoms with E-state index in [0.29, 0.717) is 18.3 Å². The van der Waals surface area contributed by atoms with Crippen LogP contribution < -0.4 is 9.46 Å². The molecule has 3 aromatic rings. The molecule has 1 aliphatic rings. The maximum Gasteiger partial charge on any atom is 0.229 e. The van der Waals surface area contributed by atoms with Crippen molar-refractivity contribution in [1.82, 2.24) is 9.88 Å². The Bertz CT molecular complexity index is 1130. The van der Waals surface area contributed by atoms with Gasteiger partial charge in [0.1, 0.15) is 12.4 Å². The summed E-state index contributed by atoms with van der Waals surface area (Å²) in [6, 6.07) is 19.8. The smallest absolute Gasteiger partial charge is 0.229 e. The quantitative estimate of drug-likeness (QED) is 0.458. The van der Waals surface area contributed by atoms with Gasteiger partial charge in [0.05, 0.1) is 6.26 Å². The largest absolute Gasteiger partial charge is 0.492 e. The van der Waals surface area contributed by atoms with Gasteiger partial charge < -0.3 is 4.74 Å². The lowest BCUT2D eigenvalue weighted by Gasteiger charge is -2.27. The lowest BCUT2D eigenvalue weighted by molar-refractivity contribution is 0.159. The molecule has 0 unspecified atom stereocenters. The maximum atomic E-state index is 11.5. The van der Waals surface area contributed by atoms with Crippen molar-refractivity contribution in [2.45, 2.75) is 18.9 Å². The van der Waals surface area contributed by atoms with E-state index < -0.39 is 10.0 Å². The van der Waals surface area contributed by atoms with Crippen molar-refractivity contribution in [3.63, 3.8) is 0 Å². The lowest BCUT2D eigenvalue weighted by atomic mass is 10.0. The first-order valence-corrected chi connectivity index (χ1v) is 14.0. The van der Waals surface area contributed by atoms with Crippen LogP contribution in [0.1, 0.15) is 12.0 Å². The minimum absolute atomic E-state index is 0.360. The van der Waals surface area contributed by atoms with Gasteiger partial charge in [-0.2, -0.15) is 0 Å².